The molecule has 1 saturated carbocycles. The van der Waals surface area contributed by atoms with E-state index in [0.29, 0.717) is 30.0 Å². The first kappa shape index (κ1) is 21.6. The molecule has 1 aliphatic carbocycles. The number of pyridine rings is 1. The molecule has 2 heterocycles. The SMILES string of the molecule is COc1cc2c(cc1OC)[C@H](c1cc3c(C)ccc(C)c3[nH]c1=O)N(C(=O)C1CCC1)CC2. The molecule has 0 unspecified atom stereocenters. The Hall–Kier alpha value is -3.28. The first-order chi connectivity index (χ1) is 15.9. The summed E-state index contributed by atoms with van der Waals surface area (Å²) < 4.78 is 11.1. The van der Waals surface area contributed by atoms with Gasteiger partial charge in [-0.1, -0.05) is 18.6 Å². The molecule has 1 N–H and O–H groups in total. The molecular formula is C27H30N2O4. The topological polar surface area (TPSA) is 71.6 Å². The van der Waals surface area contributed by atoms with Crippen LogP contribution in [-0.2, 0) is 11.2 Å². The number of methoxy groups -OCH3 is 2. The van der Waals surface area contributed by atoms with E-state index in [1.807, 2.05) is 43.0 Å². The number of aromatic amines is 1. The van der Waals surface area contributed by atoms with Crippen LogP contribution in [0.15, 0.2) is 35.1 Å². The number of ether oxygens (including phenoxy) is 2. The third-order valence-electron chi connectivity index (χ3n) is 7.38. The van der Waals surface area contributed by atoms with Crippen molar-refractivity contribution in [2.45, 2.75) is 45.6 Å². The predicted octanol–water partition coefficient (Wildman–Crippen LogP) is 4.44. The number of fused-ring (bicyclic) bond motifs is 2. The van der Waals surface area contributed by atoms with E-state index < -0.39 is 6.04 Å². The van der Waals surface area contributed by atoms with Crippen LogP contribution in [-0.4, -0.2) is 36.6 Å². The second kappa shape index (κ2) is 8.25. The van der Waals surface area contributed by atoms with Gasteiger partial charge in [0.05, 0.1) is 25.8 Å². The van der Waals surface area contributed by atoms with Gasteiger partial charge in [-0.05, 0) is 73.6 Å². The number of hydrogen-bond donors (Lipinski definition) is 1. The highest BCUT2D eigenvalue weighted by Crippen LogP contribution is 2.42. The van der Waals surface area contributed by atoms with E-state index in [1.54, 1.807) is 14.2 Å². The Morgan fingerprint density at radius 3 is 2.36 bits per heavy atom. The molecule has 1 fully saturated rings. The summed E-state index contributed by atoms with van der Waals surface area (Å²) in [4.78, 5) is 32.0. The highest BCUT2D eigenvalue weighted by atomic mass is 16.5. The Morgan fingerprint density at radius 2 is 1.70 bits per heavy atom. The van der Waals surface area contributed by atoms with E-state index >= 15 is 0 Å². The van der Waals surface area contributed by atoms with Crippen LogP contribution < -0.4 is 15.0 Å². The number of amides is 1. The third-order valence-corrected chi connectivity index (χ3v) is 7.38. The van der Waals surface area contributed by atoms with Crippen molar-refractivity contribution in [3.63, 3.8) is 0 Å². The zero-order valence-electron chi connectivity index (χ0n) is 19.7. The number of aryl methyl sites for hydroxylation is 2. The van der Waals surface area contributed by atoms with E-state index in [9.17, 15) is 9.59 Å². The Balaban J connectivity index is 1.74. The number of benzene rings is 2. The lowest BCUT2D eigenvalue weighted by atomic mass is 9.81. The number of rotatable bonds is 4. The number of nitrogens with zero attached hydrogens (tertiary/aromatic N) is 1. The Kier molecular flexibility index (Phi) is 5.39. The lowest BCUT2D eigenvalue weighted by Crippen LogP contribution is -2.46. The molecule has 5 rings (SSSR count). The summed E-state index contributed by atoms with van der Waals surface area (Å²) in [6, 6.07) is 9.53. The van der Waals surface area contributed by atoms with Crippen molar-refractivity contribution in [2.75, 3.05) is 20.8 Å². The summed E-state index contributed by atoms with van der Waals surface area (Å²) in [5.41, 5.74) is 5.42. The van der Waals surface area contributed by atoms with Gasteiger partial charge in [0.25, 0.3) is 5.56 Å². The van der Waals surface area contributed by atoms with Crippen LogP contribution in [0.25, 0.3) is 10.9 Å². The van der Waals surface area contributed by atoms with Gasteiger partial charge in [0, 0.05) is 23.4 Å². The maximum Gasteiger partial charge on any atom is 0.254 e. The fourth-order valence-electron chi connectivity index (χ4n) is 5.20. The summed E-state index contributed by atoms with van der Waals surface area (Å²) in [5.74, 6) is 1.46. The van der Waals surface area contributed by atoms with Crippen molar-refractivity contribution in [3.8, 4) is 11.5 Å². The molecule has 6 nitrogen and oxygen atoms in total. The van der Waals surface area contributed by atoms with Crippen molar-refractivity contribution in [2.24, 2.45) is 5.92 Å². The van der Waals surface area contributed by atoms with Crippen molar-refractivity contribution in [3.05, 3.63) is 68.5 Å². The standard InChI is InChI=1S/C27H30N2O4/c1-15-8-9-16(2)24-19(15)13-21(26(30)28-24)25-20-14-23(33-4)22(32-3)12-18(20)10-11-29(25)27(31)17-6-5-7-17/h8-9,12-14,17,25H,5-7,10-11H2,1-4H3,(H,28,30)/t25-/m1/s1. The lowest BCUT2D eigenvalue weighted by Gasteiger charge is -2.41. The summed E-state index contributed by atoms with van der Waals surface area (Å²) in [6.45, 7) is 4.62. The number of carbonyl (C=O) groups excluding carboxylic acids is 1. The van der Waals surface area contributed by atoms with Crippen LogP contribution in [0.5, 0.6) is 11.5 Å². The van der Waals surface area contributed by atoms with E-state index in [-0.39, 0.29) is 17.4 Å². The number of nitrogens with one attached hydrogen (secondary N) is 1. The van der Waals surface area contributed by atoms with E-state index in [4.69, 9.17) is 9.47 Å². The minimum Gasteiger partial charge on any atom is -0.493 e. The molecule has 3 aromatic rings. The van der Waals surface area contributed by atoms with Gasteiger partial charge in [-0.3, -0.25) is 9.59 Å². The van der Waals surface area contributed by atoms with Gasteiger partial charge in [0.2, 0.25) is 5.91 Å². The smallest absolute Gasteiger partial charge is 0.254 e. The molecule has 1 amide bonds. The van der Waals surface area contributed by atoms with Crippen molar-refractivity contribution in [1.29, 1.82) is 0 Å². The third kappa shape index (κ3) is 3.48. The van der Waals surface area contributed by atoms with Crippen molar-refractivity contribution in [1.82, 2.24) is 9.88 Å². The largest absolute Gasteiger partial charge is 0.493 e. The lowest BCUT2D eigenvalue weighted by molar-refractivity contribution is -0.140. The fraction of sp³-hybridized carbons (Fsp3) is 0.407. The van der Waals surface area contributed by atoms with Crippen LogP contribution >= 0.6 is 0 Å². The molecule has 0 saturated heterocycles. The minimum absolute atomic E-state index is 0.0534. The molecule has 2 aliphatic rings. The molecule has 33 heavy (non-hydrogen) atoms. The van der Waals surface area contributed by atoms with Gasteiger partial charge < -0.3 is 19.4 Å². The van der Waals surface area contributed by atoms with Crippen LogP contribution in [0.1, 0.15) is 53.1 Å². The molecule has 1 aliphatic heterocycles. The van der Waals surface area contributed by atoms with E-state index in [2.05, 4.69) is 11.1 Å². The molecule has 0 radical (unpaired) electrons. The summed E-state index contributed by atoms with van der Waals surface area (Å²) >= 11 is 0. The van der Waals surface area contributed by atoms with Gasteiger partial charge in [0.15, 0.2) is 11.5 Å². The number of hydrogen-bond acceptors (Lipinski definition) is 4. The molecule has 2 aromatic carbocycles. The maximum absolute atomic E-state index is 13.5. The molecule has 0 bridgehead atoms. The molecular weight excluding hydrogens is 416 g/mol. The summed E-state index contributed by atoms with van der Waals surface area (Å²) in [6.07, 6.45) is 3.65. The normalized spacial score (nSPS) is 18.1. The van der Waals surface area contributed by atoms with Gasteiger partial charge in [-0.2, -0.15) is 0 Å². The molecule has 1 aromatic heterocycles. The average molecular weight is 447 g/mol. The molecule has 6 heteroatoms. The molecule has 0 spiro atoms. The first-order valence-corrected chi connectivity index (χ1v) is 11.6. The molecule has 172 valence electrons. The summed E-state index contributed by atoms with van der Waals surface area (Å²) in [7, 11) is 3.23. The Labute approximate surface area is 193 Å². The molecule has 1 atom stereocenters. The van der Waals surface area contributed by atoms with Crippen molar-refractivity contribution < 1.29 is 14.3 Å². The number of H-pyrrole nitrogens is 1. The first-order valence-electron chi connectivity index (χ1n) is 11.6. The highest BCUT2D eigenvalue weighted by molar-refractivity contribution is 5.86. The van der Waals surface area contributed by atoms with Gasteiger partial charge in [-0.15, -0.1) is 0 Å². The zero-order valence-corrected chi connectivity index (χ0v) is 19.7. The van der Waals surface area contributed by atoms with Gasteiger partial charge >= 0.3 is 0 Å². The fourth-order valence-corrected chi connectivity index (χ4v) is 5.20. The van der Waals surface area contributed by atoms with Crippen LogP contribution in [0.4, 0.5) is 0 Å². The van der Waals surface area contributed by atoms with Gasteiger partial charge in [0.1, 0.15) is 0 Å². The summed E-state index contributed by atoms with van der Waals surface area (Å²) in [5, 5.41) is 1.01. The second-order valence-corrected chi connectivity index (χ2v) is 9.26. The number of carbonyl (C=O) groups is 1. The van der Waals surface area contributed by atoms with Crippen LogP contribution in [0.2, 0.25) is 0 Å². The maximum atomic E-state index is 13.5. The highest BCUT2D eigenvalue weighted by Gasteiger charge is 2.39. The number of aromatic nitrogens is 1. The monoisotopic (exact) mass is 446 g/mol. The minimum atomic E-state index is -0.463. The second-order valence-electron chi connectivity index (χ2n) is 9.26. The Bertz CT molecular complexity index is 1310. The van der Waals surface area contributed by atoms with Crippen LogP contribution in [0, 0.1) is 19.8 Å². The van der Waals surface area contributed by atoms with Crippen LogP contribution in [0.3, 0.4) is 0 Å². The predicted molar refractivity (Wildman–Crippen MR) is 128 cm³/mol. The quantitative estimate of drug-likeness (QED) is 0.643. The zero-order chi connectivity index (χ0) is 23.3. The van der Waals surface area contributed by atoms with Crippen molar-refractivity contribution >= 4 is 16.8 Å². The Morgan fingerprint density at radius 1 is 1.00 bits per heavy atom. The van der Waals surface area contributed by atoms with E-state index in [0.717, 1.165) is 52.4 Å². The van der Waals surface area contributed by atoms with Gasteiger partial charge in [-0.25, -0.2) is 0 Å². The average Bonchev–Trinajstić information content (AvgIpc) is 2.78. The van der Waals surface area contributed by atoms with E-state index in [1.165, 1.54) is 0 Å².